The molecule has 5 nitrogen and oxygen atoms in total. The zero-order chi connectivity index (χ0) is 13.8. The highest BCUT2D eigenvalue weighted by Gasteiger charge is 2.55. The zero-order valence-electron chi connectivity index (χ0n) is 9.41. The average molecular weight is 266 g/mol. The van der Waals surface area contributed by atoms with Crippen molar-refractivity contribution in [3.8, 4) is 0 Å². The van der Waals surface area contributed by atoms with E-state index in [9.17, 15) is 23.3 Å². The van der Waals surface area contributed by atoms with Crippen molar-refractivity contribution in [3.05, 3.63) is 34.0 Å². The Morgan fingerprint density at radius 3 is 2.72 bits per heavy atom. The van der Waals surface area contributed by atoms with Crippen molar-refractivity contribution in [1.29, 1.82) is 0 Å². The Morgan fingerprint density at radius 1 is 1.56 bits per heavy atom. The Labute approximate surface area is 101 Å². The number of alkyl halides is 3. The van der Waals surface area contributed by atoms with E-state index in [1.165, 1.54) is 0 Å². The Kier molecular flexibility index (Phi) is 4.47. The molecule has 0 heterocycles. The van der Waals surface area contributed by atoms with Crippen LogP contribution in [0.4, 0.5) is 13.2 Å². The molecule has 0 saturated heterocycles. The van der Waals surface area contributed by atoms with Gasteiger partial charge >= 0.3 is 6.18 Å². The quantitative estimate of drug-likeness (QED) is 0.448. The number of hydrogen-bond acceptors (Lipinski definition) is 4. The van der Waals surface area contributed by atoms with Gasteiger partial charge in [0.2, 0.25) is 5.70 Å². The van der Waals surface area contributed by atoms with Crippen LogP contribution in [-0.4, -0.2) is 34.9 Å². The molecule has 0 radical (unpaired) electrons. The molecular weight excluding hydrogens is 253 g/mol. The van der Waals surface area contributed by atoms with E-state index < -0.39 is 28.8 Å². The van der Waals surface area contributed by atoms with E-state index in [2.05, 4.69) is 5.32 Å². The fourth-order valence-corrected chi connectivity index (χ4v) is 1.66. The Hall–Kier alpha value is -1.41. The summed E-state index contributed by atoms with van der Waals surface area (Å²) in [5.74, 6) is 0. The predicted octanol–water partition coefficient (Wildman–Crippen LogP) is 1.38. The minimum absolute atomic E-state index is 0.0780. The number of hydrogen-bond donors (Lipinski definition) is 2. The van der Waals surface area contributed by atoms with Gasteiger partial charge < -0.3 is 5.11 Å². The lowest BCUT2D eigenvalue weighted by Crippen LogP contribution is -2.56. The molecule has 0 aromatic carbocycles. The average Bonchev–Trinajstić information content (AvgIpc) is 2.28. The predicted molar refractivity (Wildman–Crippen MR) is 57.3 cm³/mol. The van der Waals surface area contributed by atoms with E-state index in [1.54, 1.807) is 0 Å². The van der Waals surface area contributed by atoms with Gasteiger partial charge in [-0.3, -0.25) is 15.4 Å². The number of allylic oxidation sites excluding steroid dienone is 2. The first-order chi connectivity index (χ1) is 8.32. The number of halogens is 3. The summed E-state index contributed by atoms with van der Waals surface area (Å²) >= 11 is 0. The van der Waals surface area contributed by atoms with Crippen LogP contribution >= 0.6 is 0 Å². The lowest BCUT2D eigenvalue weighted by molar-refractivity contribution is -0.431. The first kappa shape index (κ1) is 14.7. The molecule has 0 spiro atoms. The lowest BCUT2D eigenvalue weighted by Gasteiger charge is -2.34. The van der Waals surface area contributed by atoms with Gasteiger partial charge in [-0.15, -0.1) is 0 Å². The molecule has 0 aromatic heterocycles. The maximum absolute atomic E-state index is 13.0. The van der Waals surface area contributed by atoms with E-state index in [0.29, 0.717) is 0 Å². The summed E-state index contributed by atoms with van der Waals surface area (Å²) in [5.41, 5.74) is -2.93. The van der Waals surface area contributed by atoms with Crippen LogP contribution in [-0.2, 0) is 0 Å². The molecular formula is C10H13F3N2O3. The highest BCUT2D eigenvalue weighted by Crippen LogP contribution is 2.38. The Balaban J connectivity index is 2.91. The van der Waals surface area contributed by atoms with Crippen LogP contribution in [0.3, 0.4) is 0 Å². The van der Waals surface area contributed by atoms with Gasteiger partial charge in [0.25, 0.3) is 0 Å². The van der Waals surface area contributed by atoms with Crippen molar-refractivity contribution in [2.75, 3.05) is 13.2 Å². The van der Waals surface area contributed by atoms with Crippen molar-refractivity contribution in [1.82, 2.24) is 5.32 Å². The zero-order valence-corrected chi connectivity index (χ0v) is 9.41. The third kappa shape index (κ3) is 3.08. The van der Waals surface area contributed by atoms with E-state index >= 15 is 0 Å². The van der Waals surface area contributed by atoms with Crippen molar-refractivity contribution < 1.29 is 23.2 Å². The van der Waals surface area contributed by atoms with Crippen LogP contribution in [0.1, 0.15) is 12.8 Å². The summed E-state index contributed by atoms with van der Waals surface area (Å²) in [7, 11) is 0. The van der Waals surface area contributed by atoms with Crippen LogP contribution in [0.5, 0.6) is 0 Å². The van der Waals surface area contributed by atoms with Gasteiger partial charge in [-0.25, -0.2) is 0 Å². The molecule has 0 aliphatic heterocycles. The van der Waals surface area contributed by atoms with E-state index in [-0.39, 0.29) is 19.6 Å². The molecule has 1 unspecified atom stereocenters. The molecule has 0 amide bonds. The molecule has 1 aliphatic carbocycles. The highest BCUT2D eigenvalue weighted by atomic mass is 19.4. The second-order valence-electron chi connectivity index (χ2n) is 3.92. The molecule has 0 saturated carbocycles. The molecule has 0 bridgehead atoms. The summed E-state index contributed by atoms with van der Waals surface area (Å²) in [6.45, 7) is -0.325. The van der Waals surface area contributed by atoms with Gasteiger partial charge in [-0.2, -0.15) is 13.2 Å². The van der Waals surface area contributed by atoms with Gasteiger partial charge in [0.15, 0.2) is 0 Å². The van der Waals surface area contributed by atoms with Crippen molar-refractivity contribution >= 4 is 0 Å². The van der Waals surface area contributed by atoms with Gasteiger partial charge in [0.05, 0.1) is 11.3 Å². The van der Waals surface area contributed by atoms with Crippen molar-refractivity contribution in [2.24, 2.45) is 0 Å². The minimum atomic E-state index is -4.64. The van der Waals surface area contributed by atoms with Crippen LogP contribution in [0, 0.1) is 10.1 Å². The second-order valence-corrected chi connectivity index (χ2v) is 3.92. The summed E-state index contributed by atoms with van der Waals surface area (Å²) in [6.07, 6.45) is -2.31. The fourth-order valence-electron chi connectivity index (χ4n) is 1.66. The normalized spacial score (nSPS) is 23.9. The van der Waals surface area contributed by atoms with Crippen LogP contribution in [0.15, 0.2) is 23.9 Å². The molecule has 8 heteroatoms. The largest absolute Gasteiger partial charge is 0.410 e. The Morgan fingerprint density at radius 2 is 2.22 bits per heavy atom. The van der Waals surface area contributed by atoms with Crippen LogP contribution < -0.4 is 5.32 Å². The van der Waals surface area contributed by atoms with E-state index in [4.69, 9.17) is 5.11 Å². The van der Waals surface area contributed by atoms with Crippen LogP contribution in [0.2, 0.25) is 0 Å². The fraction of sp³-hybridized carbons (Fsp3) is 0.600. The van der Waals surface area contributed by atoms with Crippen molar-refractivity contribution in [2.45, 2.75) is 24.6 Å². The number of nitrogens with one attached hydrogen (secondary N) is 1. The second kappa shape index (κ2) is 5.49. The minimum Gasteiger partial charge on any atom is -0.396 e. The number of rotatable bonds is 5. The number of aliphatic hydroxyl groups is 1. The smallest absolute Gasteiger partial charge is 0.396 e. The SMILES string of the molecule is O=[N+]([O-])C1=CC=CC(NCCCO)(C(F)(F)F)C1. The highest BCUT2D eigenvalue weighted by molar-refractivity contribution is 5.26. The first-order valence-electron chi connectivity index (χ1n) is 5.28. The summed E-state index contributed by atoms with van der Waals surface area (Å²) < 4.78 is 39.1. The standard InChI is InChI=1S/C10H13F3N2O3/c11-10(12,13)9(14-5-2-6-16)4-1-3-8(7-9)15(17)18/h1,3-4,14,16H,2,5-7H2. The van der Waals surface area contributed by atoms with E-state index in [1.807, 2.05) is 0 Å². The third-order valence-electron chi connectivity index (χ3n) is 2.65. The number of aliphatic hydroxyl groups excluding tert-OH is 1. The van der Waals surface area contributed by atoms with Gasteiger partial charge in [0.1, 0.15) is 5.54 Å². The lowest BCUT2D eigenvalue weighted by atomic mass is 9.88. The topological polar surface area (TPSA) is 75.4 Å². The van der Waals surface area contributed by atoms with Crippen molar-refractivity contribution in [3.63, 3.8) is 0 Å². The van der Waals surface area contributed by atoms with Gasteiger partial charge in [0, 0.05) is 12.7 Å². The summed E-state index contributed by atoms with van der Waals surface area (Å²) in [5, 5.41) is 21.4. The number of nitrogens with zero attached hydrogens (tertiary/aromatic N) is 1. The molecule has 1 atom stereocenters. The maximum atomic E-state index is 13.0. The molecule has 102 valence electrons. The molecule has 2 N–H and O–H groups in total. The first-order valence-corrected chi connectivity index (χ1v) is 5.28. The molecule has 1 aliphatic rings. The van der Waals surface area contributed by atoms with Gasteiger partial charge in [-0.1, -0.05) is 12.2 Å². The third-order valence-corrected chi connectivity index (χ3v) is 2.65. The molecule has 1 rings (SSSR count). The number of nitro groups is 1. The maximum Gasteiger partial charge on any atom is 0.410 e. The monoisotopic (exact) mass is 266 g/mol. The molecule has 0 aromatic rings. The van der Waals surface area contributed by atoms with Gasteiger partial charge in [-0.05, 0) is 13.0 Å². The molecule has 0 fully saturated rings. The summed E-state index contributed by atoms with van der Waals surface area (Å²) in [4.78, 5) is 9.75. The van der Waals surface area contributed by atoms with Crippen LogP contribution in [0.25, 0.3) is 0 Å². The van der Waals surface area contributed by atoms with E-state index in [0.717, 1.165) is 18.2 Å². The Bertz CT molecular complexity index is 379. The molecule has 18 heavy (non-hydrogen) atoms. The summed E-state index contributed by atoms with van der Waals surface area (Å²) in [6, 6.07) is 0.